The highest BCUT2D eigenvalue weighted by molar-refractivity contribution is 8.00. The van der Waals surface area contributed by atoms with Crippen LogP contribution in [0.5, 0.6) is 17.2 Å². The summed E-state index contributed by atoms with van der Waals surface area (Å²) >= 11 is 2.38. The van der Waals surface area contributed by atoms with Crippen molar-refractivity contribution in [2.45, 2.75) is 29.5 Å². The van der Waals surface area contributed by atoms with Crippen LogP contribution >= 0.6 is 23.1 Å². The molecular weight excluding hydrogens is 593 g/mol. The third-order valence-electron chi connectivity index (χ3n) is 6.84. The van der Waals surface area contributed by atoms with Gasteiger partial charge < -0.3 is 19.3 Å². The molecular formula is C31H26FN3O6S2. The number of ether oxygens (including phenoxy) is 3. The second-order valence-electron chi connectivity index (χ2n) is 9.68. The minimum Gasteiger partial charge on any atom is -0.507 e. The smallest absolute Gasteiger partial charge is 0.301 e. The lowest BCUT2D eigenvalue weighted by Gasteiger charge is -2.23. The van der Waals surface area contributed by atoms with Crippen LogP contribution in [0.4, 0.5) is 9.52 Å². The average Bonchev–Trinajstić information content (AvgIpc) is 3.61. The van der Waals surface area contributed by atoms with Gasteiger partial charge in [0.15, 0.2) is 15.8 Å². The van der Waals surface area contributed by atoms with Crippen LogP contribution in [0, 0.1) is 5.82 Å². The highest BCUT2D eigenvalue weighted by Gasteiger charge is 2.48. The Labute approximate surface area is 254 Å². The normalized spacial score (nSPS) is 17.3. The molecule has 0 spiro atoms. The molecule has 1 atom stereocenters. The first-order valence-electron chi connectivity index (χ1n) is 13.6. The van der Waals surface area contributed by atoms with E-state index in [1.165, 1.54) is 22.7 Å². The summed E-state index contributed by atoms with van der Waals surface area (Å²) in [6, 6.07) is 17.3. The zero-order valence-corrected chi connectivity index (χ0v) is 24.6. The van der Waals surface area contributed by atoms with E-state index in [0.717, 1.165) is 17.8 Å². The molecule has 0 radical (unpaired) electrons. The molecule has 2 aliphatic heterocycles. The molecule has 1 aromatic heterocycles. The number of hydrogen-bond donors (Lipinski definition) is 1. The predicted molar refractivity (Wildman–Crippen MR) is 160 cm³/mol. The number of nitrogens with zero attached hydrogens (tertiary/aromatic N) is 3. The van der Waals surface area contributed by atoms with E-state index < -0.39 is 17.7 Å². The lowest BCUT2D eigenvalue weighted by atomic mass is 9.95. The number of rotatable bonds is 9. The Hall–Kier alpha value is -4.42. The van der Waals surface area contributed by atoms with Crippen molar-refractivity contribution in [1.82, 2.24) is 10.2 Å². The Morgan fingerprint density at radius 2 is 1.84 bits per heavy atom. The number of Topliss-reactive ketones (excluding diaryl/α,β-unsaturated/α-hetero) is 1. The second-order valence-corrected chi connectivity index (χ2v) is 11.9. The van der Waals surface area contributed by atoms with Crippen molar-refractivity contribution in [2.75, 3.05) is 24.7 Å². The minimum atomic E-state index is -0.995. The van der Waals surface area contributed by atoms with Gasteiger partial charge in [-0.3, -0.25) is 14.5 Å². The van der Waals surface area contributed by atoms with Gasteiger partial charge in [0.1, 0.15) is 30.5 Å². The third-order valence-corrected chi connectivity index (χ3v) is 8.94. The van der Waals surface area contributed by atoms with Crippen molar-refractivity contribution in [2.24, 2.45) is 0 Å². The van der Waals surface area contributed by atoms with Crippen molar-refractivity contribution in [3.05, 3.63) is 94.8 Å². The Kier molecular flexibility index (Phi) is 8.30. The predicted octanol–water partition coefficient (Wildman–Crippen LogP) is 6.16. The third kappa shape index (κ3) is 5.80. The molecule has 220 valence electrons. The van der Waals surface area contributed by atoms with Gasteiger partial charge in [0.05, 0.1) is 18.2 Å². The van der Waals surface area contributed by atoms with Crippen LogP contribution in [0.1, 0.15) is 36.1 Å². The Morgan fingerprint density at radius 1 is 1.07 bits per heavy atom. The SMILES string of the molecule is CCCOc1ccc(C2/C(=C(\O)c3ccc4c(c3)OCCO4)C(=O)C(=O)N2c2nnc(SCc3ccccc3F)s2)cc1. The molecule has 3 heterocycles. The summed E-state index contributed by atoms with van der Waals surface area (Å²) in [4.78, 5) is 28.4. The summed E-state index contributed by atoms with van der Waals surface area (Å²) in [5.74, 6) is -0.485. The number of carbonyl (C=O) groups is 2. The first kappa shape index (κ1) is 28.7. The summed E-state index contributed by atoms with van der Waals surface area (Å²) in [5.41, 5.74) is 1.28. The molecule has 2 aliphatic rings. The van der Waals surface area contributed by atoms with E-state index in [9.17, 15) is 19.1 Å². The van der Waals surface area contributed by atoms with E-state index >= 15 is 0 Å². The topological polar surface area (TPSA) is 111 Å². The molecule has 1 amide bonds. The van der Waals surface area contributed by atoms with Crippen LogP contribution in [0.2, 0.25) is 0 Å². The monoisotopic (exact) mass is 619 g/mol. The zero-order chi connectivity index (χ0) is 29.9. The largest absolute Gasteiger partial charge is 0.507 e. The number of carbonyl (C=O) groups excluding carboxylic acids is 2. The fourth-order valence-electron chi connectivity index (χ4n) is 4.77. The molecule has 12 heteroatoms. The molecule has 4 aromatic rings. The van der Waals surface area contributed by atoms with Crippen molar-refractivity contribution in [3.63, 3.8) is 0 Å². The van der Waals surface area contributed by atoms with Crippen molar-refractivity contribution in [3.8, 4) is 17.2 Å². The van der Waals surface area contributed by atoms with Gasteiger partial charge in [-0.05, 0) is 53.9 Å². The highest BCUT2D eigenvalue weighted by atomic mass is 32.2. The number of thioether (sulfide) groups is 1. The number of amides is 1. The van der Waals surface area contributed by atoms with E-state index in [1.807, 2.05) is 6.92 Å². The van der Waals surface area contributed by atoms with E-state index in [4.69, 9.17) is 14.2 Å². The molecule has 0 aliphatic carbocycles. The summed E-state index contributed by atoms with van der Waals surface area (Å²) < 4.78 is 31.6. The number of ketones is 1. The molecule has 3 aromatic carbocycles. The molecule has 43 heavy (non-hydrogen) atoms. The van der Waals surface area contributed by atoms with Gasteiger partial charge in [-0.15, -0.1) is 10.2 Å². The second kappa shape index (κ2) is 12.4. The van der Waals surface area contributed by atoms with E-state index in [1.54, 1.807) is 60.7 Å². The van der Waals surface area contributed by atoms with E-state index in [2.05, 4.69) is 10.2 Å². The van der Waals surface area contributed by atoms with Gasteiger partial charge in [0, 0.05) is 11.3 Å². The fourth-order valence-corrected chi connectivity index (χ4v) is 6.62. The summed E-state index contributed by atoms with van der Waals surface area (Å²) in [7, 11) is 0. The summed E-state index contributed by atoms with van der Waals surface area (Å²) in [6.07, 6.45) is 0.839. The van der Waals surface area contributed by atoms with Crippen molar-refractivity contribution >= 4 is 45.7 Å². The number of aromatic nitrogens is 2. The number of hydrogen-bond acceptors (Lipinski definition) is 10. The molecule has 0 saturated carbocycles. The van der Waals surface area contributed by atoms with Gasteiger partial charge in [0.25, 0.3) is 5.78 Å². The summed E-state index contributed by atoms with van der Waals surface area (Å²) in [6.45, 7) is 3.30. The van der Waals surface area contributed by atoms with E-state index in [-0.39, 0.29) is 22.3 Å². The van der Waals surface area contributed by atoms with Gasteiger partial charge in [-0.2, -0.15) is 0 Å². The van der Waals surface area contributed by atoms with Crippen LogP contribution in [-0.2, 0) is 15.3 Å². The van der Waals surface area contributed by atoms with Gasteiger partial charge in [-0.1, -0.05) is 60.4 Å². The maximum Gasteiger partial charge on any atom is 0.301 e. The number of aliphatic hydroxyl groups excluding tert-OH is 1. The number of benzene rings is 3. The molecule has 1 saturated heterocycles. The first-order chi connectivity index (χ1) is 20.9. The standard InChI is InChI=1S/C31H26FN3O6S2/c1-2-13-39-21-10-7-18(8-11-21)26-25(27(36)19-9-12-23-24(16-19)41-15-14-40-23)28(37)29(38)35(26)30-33-34-31(43-30)42-17-20-5-3-4-6-22(20)32/h3-12,16,26,36H,2,13-15,17H2,1H3/b27-25+. The Morgan fingerprint density at radius 3 is 2.60 bits per heavy atom. The number of anilines is 1. The molecule has 1 unspecified atom stereocenters. The lowest BCUT2D eigenvalue weighted by molar-refractivity contribution is -0.132. The fraction of sp³-hybridized carbons (Fsp3) is 0.226. The van der Waals surface area contributed by atoms with Gasteiger partial charge >= 0.3 is 5.91 Å². The quantitative estimate of drug-likeness (QED) is 0.0775. The zero-order valence-electron chi connectivity index (χ0n) is 23.0. The van der Waals surface area contributed by atoms with Crippen LogP contribution in [0.25, 0.3) is 5.76 Å². The summed E-state index contributed by atoms with van der Waals surface area (Å²) in [5, 5.41) is 20.1. The minimum absolute atomic E-state index is 0.0975. The van der Waals surface area contributed by atoms with Crippen molar-refractivity contribution in [1.29, 1.82) is 0 Å². The number of fused-ring (bicyclic) bond motifs is 1. The molecule has 9 nitrogen and oxygen atoms in total. The Balaban J connectivity index is 1.38. The number of halogens is 1. The maximum atomic E-state index is 14.1. The first-order valence-corrected chi connectivity index (χ1v) is 15.4. The molecule has 1 fully saturated rings. The maximum absolute atomic E-state index is 14.1. The van der Waals surface area contributed by atoms with Crippen LogP contribution < -0.4 is 19.1 Å². The highest BCUT2D eigenvalue weighted by Crippen LogP contribution is 2.45. The van der Waals surface area contributed by atoms with Crippen LogP contribution in [-0.4, -0.2) is 46.8 Å². The van der Waals surface area contributed by atoms with Crippen LogP contribution in [0.3, 0.4) is 0 Å². The van der Waals surface area contributed by atoms with Gasteiger partial charge in [0.2, 0.25) is 5.13 Å². The van der Waals surface area contributed by atoms with Crippen LogP contribution in [0.15, 0.2) is 76.6 Å². The molecule has 1 N–H and O–H groups in total. The van der Waals surface area contributed by atoms with Crippen molar-refractivity contribution < 1.29 is 33.3 Å². The molecule has 0 bridgehead atoms. The Bertz CT molecular complexity index is 1710. The lowest BCUT2D eigenvalue weighted by Crippen LogP contribution is -2.29. The van der Waals surface area contributed by atoms with Gasteiger partial charge in [-0.25, -0.2) is 4.39 Å². The average molecular weight is 620 g/mol. The van der Waals surface area contributed by atoms with E-state index in [0.29, 0.717) is 63.9 Å². The number of aliphatic hydroxyl groups is 1. The molecule has 6 rings (SSSR count).